The van der Waals surface area contributed by atoms with Crippen molar-refractivity contribution < 1.29 is 0 Å². The number of rotatable bonds is 3. The van der Waals surface area contributed by atoms with Crippen LogP contribution in [0.15, 0.2) is 29.1 Å². The minimum Gasteiger partial charge on any atom is -0.350 e. The number of aryl methyl sites for hydroxylation is 1. The number of guanidine groups is 1. The van der Waals surface area contributed by atoms with E-state index >= 15 is 0 Å². The molecule has 0 radical (unpaired) electrons. The molecule has 2 unspecified atom stereocenters. The number of piperidine rings is 1. The molecule has 0 amide bonds. The maximum Gasteiger partial charge on any atom is 0.194 e. The van der Waals surface area contributed by atoms with E-state index in [0.717, 1.165) is 42.7 Å². The molecular weight excluding hydrogens is 435 g/mol. The molecule has 2 atom stereocenters. The highest BCUT2D eigenvalue weighted by Crippen LogP contribution is 2.27. The standard InChI is InChI=1S/C16H24N6S.HI/c1-12-4-6-21(9-14(12)22-7-5-18-11-22)16(17-3)19-8-15-20-13(2)10-23-15;/h5,7,10-12,14H,4,6,8-9H2,1-3H3,(H,17,19);1H. The zero-order valence-electron chi connectivity index (χ0n) is 14.3. The third-order valence-electron chi connectivity index (χ3n) is 4.40. The van der Waals surface area contributed by atoms with Crippen LogP contribution in [0.5, 0.6) is 0 Å². The lowest BCUT2D eigenvalue weighted by molar-refractivity contribution is 0.189. The van der Waals surface area contributed by atoms with Gasteiger partial charge in [0.05, 0.1) is 18.9 Å². The second kappa shape index (κ2) is 8.80. The summed E-state index contributed by atoms with van der Waals surface area (Å²) in [6, 6.07) is 0.437. The third kappa shape index (κ3) is 4.47. The highest BCUT2D eigenvalue weighted by Gasteiger charge is 2.28. The summed E-state index contributed by atoms with van der Waals surface area (Å²) < 4.78 is 2.22. The van der Waals surface area contributed by atoms with E-state index in [2.05, 4.69) is 48.2 Å². The number of nitrogens with zero attached hydrogens (tertiary/aromatic N) is 5. The summed E-state index contributed by atoms with van der Waals surface area (Å²) in [6.07, 6.45) is 6.97. The average molecular weight is 460 g/mol. The van der Waals surface area contributed by atoms with Crippen molar-refractivity contribution in [2.75, 3.05) is 20.1 Å². The van der Waals surface area contributed by atoms with E-state index in [1.807, 2.05) is 26.5 Å². The van der Waals surface area contributed by atoms with Crippen LogP contribution in [-0.4, -0.2) is 45.5 Å². The highest BCUT2D eigenvalue weighted by molar-refractivity contribution is 14.0. The van der Waals surface area contributed by atoms with Crippen LogP contribution in [0.25, 0.3) is 0 Å². The minimum atomic E-state index is 0. The van der Waals surface area contributed by atoms with Crippen LogP contribution in [0, 0.1) is 12.8 Å². The van der Waals surface area contributed by atoms with Gasteiger partial charge >= 0.3 is 0 Å². The van der Waals surface area contributed by atoms with E-state index in [1.165, 1.54) is 0 Å². The average Bonchev–Trinajstić information content (AvgIpc) is 3.21. The first-order valence-corrected chi connectivity index (χ1v) is 8.89. The molecule has 0 spiro atoms. The van der Waals surface area contributed by atoms with Crippen molar-refractivity contribution in [2.45, 2.75) is 32.9 Å². The van der Waals surface area contributed by atoms with E-state index in [-0.39, 0.29) is 24.0 Å². The van der Waals surface area contributed by atoms with Gasteiger partial charge in [-0.1, -0.05) is 6.92 Å². The van der Waals surface area contributed by atoms with Gasteiger partial charge in [0.2, 0.25) is 0 Å². The predicted molar refractivity (Wildman–Crippen MR) is 109 cm³/mol. The smallest absolute Gasteiger partial charge is 0.194 e. The second-order valence-corrected chi connectivity index (χ2v) is 7.02. The maximum absolute atomic E-state index is 4.50. The van der Waals surface area contributed by atoms with Gasteiger partial charge in [-0.2, -0.15) is 0 Å². The summed E-state index contributed by atoms with van der Waals surface area (Å²) in [4.78, 5) is 15.5. The molecule has 2 aromatic rings. The Labute approximate surface area is 164 Å². The SMILES string of the molecule is CN=C(NCc1nc(C)cs1)N1CCC(C)C(n2ccnc2)C1.I. The topological polar surface area (TPSA) is 58.3 Å². The van der Waals surface area contributed by atoms with Crippen molar-refractivity contribution in [3.8, 4) is 0 Å². The number of likely N-dealkylation sites (tertiary alicyclic amines) is 1. The number of halogens is 1. The Morgan fingerprint density at radius 1 is 1.50 bits per heavy atom. The molecule has 6 nitrogen and oxygen atoms in total. The molecule has 2 aromatic heterocycles. The molecule has 0 aromatic carbocycles. The van der Waals surface area contributed by atoms with E-state index in [0.29, 0.717) is 12.0 Å². The van der Waals surface area contributed by atoms with Crippen molar-refractivity contribution in [1.82, 2.24) is 24.8 Å². The second-order valence-electron chi connectivity index (χ2n) is 6.07. The minimum absolute atomic E-state index is 0. The van der Waals surface area contributed by atoms with Gasteiger partial charge in [0.25, 0.3) is 0 Å². The number of aliphatic imine (C=N–C) groups is 1. The van der Waals surface area contributed by atoms with Crippen LogP contribution in [0.4, 0.5) is 0 Å². The zero-order chi connectivity index (χ0) is 16.2. The van der Waals surface area contributed by atoms with Crippen LogP contribution in [-0.2, 0) is 6.54 Å². The molecule has 0 aliphatic carbocycles. The van der Waals surface area contributed by atoms with Crippen molar-refractivity contribution in [1.29, 1.82) is 0 Å². The Morgan fingerprint density at radius 2 is 2.33 bits per heavy atom. The van der Waals surface area contributed by atoms with Crippen molar-refractivity contribution in [2.24, 2.45) is 10.9 Å². The number of imidazole rings is 1. The number of hydrogen-bond acceptors (Lipinski definition) is 4. The summed E-state index contributed by atoms with van der Waals surface area (Å²) in [5.41, 5.74) is 1.08. The fourth-order valence-electron chi connectivity index (χ4n) is 3.07. The molecule has 1 aliphatic rings. The summed E-state index contributed by atoms with van der Waals surface area (Å²) in [6.45, 7) is 7.05. The summed E-state index contributed by atoms with van der Waals surface area (Å²) in [5, 5.41) is 6.63. The van der Waals surface area contributed by atoms with Gasteiger partial charge in [0.1, 0.15) is 5.01 Å². The van der Waals surface area contributed by atoms with E-state index in [9.17, 15) is 0 Å². The van der Waals surface area contributed by atoms with Crippen LogP contribution in [0.2, 0.25) is 0 Å². The first-order valence-electron chi connectivity index (χ1n) is 8.01. The molecule has 1 N–H and O–H groups in total. The number of aromatic nitrogens is 3. The van der Waals surface area contributed by atoms with Crippen LogP contribution in [0.1, 0.15) is 30.1 Å². The molecule has 3 heterocycles. The molecule has 1 aliphatic heterocycles. The van der Waals surface area contributed by atoms with Crippen molar-refractivity contribution in [3.05, 3.63) is 34.8 Å². The largest absolute Gasteiger partial charge is 0.350 e. The van der Waals surface area contributed by atoms with E-state index < -0.39 is 0 Å². The highest BCUT2D eigenvalue weighted by atomic mass is 127. The predicted octanol–water partition coefficient (Wildman–Crippen LogP) is 2.92. The quantitative estimate of drug-likeness (QED) is 0.435. The Morgan fingerprint density at radius 3 is 2.96 bits per heavy atom. The monoisotopic (exact) mass is 460 g/mol. The summed E-state index contributed by atoms with van der Waals surface area (Å²) in [7, 11) is 1.85. The Kier molecular flexibility index (Phi) is 7.02. The number of nitrogens with one attached hydrogen (secondary N) is 1. The van der Waals surface area contributed by atoms with Gasteiger partial charge in [0, 0.05) is 43.6 Å². The molecule has 24 heavy (non-hydrogen) atoms. The zero-order valence-corrected chi connectivity index (χ0v) is 17.5. The number of hydrogen-bond donors (Lipinski definition) is 1. The molecule has 0 bridgehead atoms. The first-order chi connectivity index (χ1) is 11.2. The van der Waals surface area contributed by atoms with Crippen LogP contribution in [0.3, 0.4) is 0 Å². The van der Waals surface area contributed by atoms with Gasteiger partial charge in [0.15, 0.2) is 5.96 Å². The molecular formula is C16H25IN6S. The Hall–Kier alpha value is -1.16. The lowest BCUT2D eigenvalue weighted by Crippen LogP contribution is -2.48. The molecule has 8 heteroatoms. The molecule has 1 fully saturated rings. The third-order valence-corrected chi connectivity index (χ3v) is 5.37. The van der Waals surface area contributed by atoms with E-state index in [1.54, 1.807) is 11.3 Å². The lowest BCUT2D eigenvalue weighted by atomic mass is 9.93. The van der Waals surface area contributed by atoms with Gasteiger partial charge < -0.3 is 14.8 Å². The van der Waals surface area contributed by atoms with Gasteiger partial charge in [-0.25, -0.2) is 9.97 Å². The van der Waals surface area contributed by atoms with Crippen molar-refractivity contribution in [3.63, 3.8) is 0 Å². The molecule has 132 valence electrons. The van der Waals surface area contributed by atoms with Crippen molar-refractivity contribution >= 4 is 41.3 Å². The fourth-order valence-corrected chi connectivity index (χ4v) is 3.78. The van der Waals surface area contributed by atoms with Gasteiger partial charge in [-0.15, -0.1) is 35.3 Å². The van der Waals surface area contributed by atoms with Gasteiger partial charge in [-0.05, 0) is 19.3 Å². The molecule has 3 rings (SSSR count). The Bertz CT molecular complexity index is 653. The summed E-state index contributed by atoms with van der Waals surface area (Å²) >= 11 is 1.69. The van der Waals surface area contributed by atoms with Crippen LogP contribution >= 0.6 is 35.3 Å². The molecule has 0 saturated carbocycles. The first kappa shape index (κ1) is 19.2. The number of thiazole rings is 1. The summed E-state index contributed by atoms with van der Waals surface area (Å²) in [5.74, 6) is 1.59. The van der Waals surface area contributed by atoms with Crippen LogP contribution < -0.4 is 5.32 Å². The fraction of sp³-hybridized carbons (Fsp3) is 0.562. The molecule has 1 saturated heterocycles. The maximum atomic E-state index is 4.50. The van der Waals surface area contributed by atoms with E-state index in [4.69, 9.17) is 0 Å². The Balaban J connectivity index is 0.00000208. The lowest BCUT2D eigenvalue weighted by Gasteiger charge is -2.39. The normalized spacial score (nSPS) is 21.5. The van der Waals surface area contributed by atoms with Gasteiger partial charge in [-0.3, -0.25) is 4.99 Å².